The molecule has 2 N–H and O–H groups in total. The number of nitrogens with two attached hydrogens (primary N) is 1. The minimum absolute atomic E-state index is 0.0982. The second-order valence-corrected chi connectivity index (χ2v) is 5.61. The van der Waals surface area contributed by atoms with Crippen LogP contribution in [-0.4, -0.2) is 43.2 Å². The minimum Gasteiger partial charge on any atom is -0.369 e. The Kier molecular flexibility index (Phi) is 2.99. The number of rotatable bonds is 3. The molecule has 1 heterocycles. The van der Waals surface area contributed by atoms with Crippen LogP contribution in [0, 0.1) is 5.82 Å². The molecule has 0 radical (unpaired) electrons. The van der Waals surface area contributed by atoms with Gasteiger partial charge in [0.15, 0.2) is 0 Å². The largest absolute Gasteiger partial charge is 0.369 e. The molecule has 1 aliphatic heterocycles. The highest BCUT2D eigenvalue weighted by atomic mass is 19.1. The molecule has 3 rings (SSSR count). The van der Waals surface area contributed by atoms with E-state index in [1.54, 1.807) is 12.1 Å². The van der Waals surface area contributed by atoms with E-state index in [4.69, 9.17) is 5.73 Å². The summed E-state index contributed by atoms with van der Waals surface area (Å²) in [4.78, 5) is 4.68. The van der Waals surface area contributed by atoms with E-state index < -0.39 is 0 Å². The lowest BCUT2D eigenvalue weighted by atomic mass is 10.2. The molecule has 0 spiro atoms. The topological polar surface area (TPSA) is 32.5 Å². The maximum atomic E-state index is 13.2. The van der Waals surface area contributed by atoms with Crippen LogP contribution in [0.25, 0.3) is 0 Å². The van der Waals surface area contributed by atoms with E-state index in [1.807, 2.05) is 6.07 Å². The Morgan fingerprint density at radius 2 is 1.89 bits per heavy atom. The highest BCUT2D eigenvalue weighted by Gasteiger charge is 2.40. The van der Waals surface area contributed by atoms with Gasteiger partial charge in [-0.05, 0) is 31.0 Å². The van der Waals surface area contributed by atoms with E-state index in [-0.39, 0.29) is 11.4 Å². The molecule has 0 unspecified atom stereocenters. The normalized spacial score (nSPS) is 23.1. The van der Waals surface area contributed by atoms with Gasteiger partial charge in [0.05, 0.1) is 0 Å². The van der Waals surface area contributed by atoms with E-state index in [2.05, 4.69) is 9.80 Å². The van der Waals surface area contributed by atoms with Crippen molar-refractivity contribution < 1.29 is 4.39 Å². The van der Waals surface area contributed by atoms with Crippen LogP contribution in [0.5, 0.6) is 0 Å². The van der Waals surface area contributed by atoms with Crippen molar-refractivity contribution in [1.29, 1.82) is 0 Å². The summed E-state index contributed by atoms with van der Waals surface area (Å²) in [6.45, 7) is 4.98. The van der Waals surface area contributed by atoms with E-state index in [1.165, 1.54) is 6.07 Å². The summed E-state index contributed by atoms with van der Waals surface area (Å²) in [5, 5.41) is 0. The Labute approximate surface area is 107 Å². The molecule has 1 aromatic rings. The minimum atomic E-state index is -0.158. The van der Waals surface area contributed by atoms with Crippen molar-refractivity contribution in [3.05, 3.63) is 30.1 Å². The molecule has 18 heavy (non-hydrogen) atoms. The molecule has 1 aromatic carbocycles. The Balaban J connectivity index is 1.56. The summed E-state index contributed by atoms with van der Waals surface area (Å²) in [5.74, 6) is -0.158. The summed E-state index contributed by atoms with van der Waals surface area (Å²) in [6.07, 6.45) is 2.33. The number of hydrogen-bond acceptors (Lipinski definition) is 3. The van der Waals surface area contributed by atoms with Gasteiger partial charge in [0.1, 0.15) is 5.82 Å². The van der Waals surface area contributed by atoms with Crippen molar-refractivity contribution in [2.45, 2.75) is 18.4 Å². The molecule has 0 aromatic heterocycles. The molecule has 3 nitrogen and oxygen atoms in total. The fourth-order valence-corrected chi connectivity index (χ4v) is 2.60. The number of benzene rings is 1. The van der Waals surface area contributed by atoms with Crippen molar-refractivity contribution in [1.82, 2.24) is 4.90 Å². The quantitative estimate of drug-likeness (QED) is 0.880. The lowest BCUT2D eigenvalue weighted by Crippen LogP contribution is -2.50. The fourth-order valence-electron chi connectivity index (χ4n) is 2.60. The van der Waals surface area contributed by atoms with Crippen molar-refractivity contribution in [2.24, 2.45) is 5.73 Å². The van der Waals surface area contributed by atoms with Gasteiger partial charge in [0.2, 0.25) is 0 Å². The van der Waals surface area contributed by atoms with Crippen LogP contribution in [0.15, 0.2) is 24.3 Å². The molecule has 1 saturated carbocycles. The van der Waals surface area contributed by atoms with Crippen LogP contribution >= 0.6 is 0 Å². The standard InChI is InChI=1S/C14H20FN3/c15-12-2-1-3-13(10-12)18-8-6-17(7-9-18)11-14(16)4-5-14/h1-3,10H,4-9,11,16H2. The van der Waals surface area contributed by atoms with Crippen LogP contribution in [0.2, 0.25) is 0 Å². The van der Waals surface area contributed by atoms with E-state index in [0.29, 0.717) is 0 Å². The Hall–Kier alpha value is -1.13. The maximum absolute atomic E-state index is 13.2. The number of piperazine rings is 1. The van der Waals surface area contributed by atoms with Gasteiger partial charge in [0, 0.05) is 44.0 Å². The van der Waals surface area contributed by atoms with Gasteiger partial charge in [-0.15, -0.1) is 0 Å². The van der Waals surface area contributed by atoms with E-state index >= 15 is 0 Å². The van der Waals surface area contributed by atoms with Gasteiger partial charge in [-0.25, -0.2) is 4.39 Å². The highest BCUT2D eigenvalue weighted by molar-refractivity contribution is 5.46. The fraction of sp³-hybridized carbons (Fsp3) is 0.571. The molecule has 0 atom stereocenters. The van der Waals surface area contributed by atoms with Crippen molar-refractivity contribution in [2.75, 3.05) is 37.6 Å². The number of anilines is 1. The number of halogens is 1. The van der Waals surface area contributed by atoms with Crippen LogP contribution in [0.4, 0.5) is 10.1 Å². The second kappa shape index (κ2) is 4.52. The van der Waals surface area contributed by atoms with Gasteiger partial charge in [-0.3, -0.25) is 4.90 Å². The molecular formula is C14H20FN3. The zero-order valence-corrected chi connectivity index (χ0v) is 10.6. The third-order valence-electron chi connectivity index (χ3n) is 3.98. The molecule has 4 heteroatoms. The lowest BCUT2D eigenvalue weighted by Gasteiger charge is -2.37. The average molecular weight is 249 g/mol. The zero-order chi connectivity index (χ0) is 12.6. The predicted molar refractivity (Wildman–Crippen MR) is 71.2 cm³/mol. The van der Waals surface area contributed by atoms with Gasteiger partial charge in [-0.1, -0.05) is 6.07 Å². The summed E-state index contributed by atoms with van der Waals surface area (Å²) >= 11 is 0. The predicted octanol–water partition coefficient (Wildman–Crippen LogP) is 1.44. The first kappa shape index (κ1) is 11.9. The molecule has 0 bridgehead atoms. The smallest absolute Gasteiger partial charge is 0.125 e. The third-order valence-corrected chi connectivity index (χ3v) is 3.98. The first-order valence-electron chi connectivity index (χ1n) is 6.66. The molecule has 1 aliphatic carbocycles. The average Bonchev–Trinajstić information content (AvgIpc) is 3.08. The van der Waals surface area contributed by atoms with Gasteiger partial charge < -0.3 is 10.6 Å². The van der Waals surface area contributed by atoms with Gasteiger partial charge >= 0.3 is 0 Å². The van der Waals surface area contributed by atoms with Crippen LogP contribution in [-0.2, 0) is 0 Å². The Morgan fingerprint density at radius 1 is 1.17 bits per heavy atom. The second-order valence-electron chi connectivity index (χ2n) is 5.61. The molecule has 2 aliphatic rings. The van der Waals surface area contributed by atoms with Gasteiger partial charge in [-0.2, -0.15) is 0 Å². The molecule has 0 amide bonds. The summed E-state index contributed by atoms with van der Waals surface area (Å²) < 4.78 is 13.2. The number of hydrogen-bond donors (Lipinski definition) is 1. The lowest BCUT2D eigenvalue weighted by molar-refractivity contribution is 0.236. The molecule has 2 fully saturated rings. The highest BCUT2D eigenvalue weighted by Crippen LogP contribution is 2.33. The first-order valence-corrected chi connectivity index (χ1v) is 6.66. The first-order chi connectivity index (χ1) is 8.65. The zero-order valence-electron chi connectivity index (χ0n) is 10.6. The molecule has 1 saturated heterocycles. The third kappa shape index (κ3) is 2.65. The van der Waals surface area contributed by atoms with Crippen LogP contribution in [0.3, 0.4) is 0 Å². The number of nitrogens with zero attached hydrogens (tertiary/aromatic N) is 2. The van der Waals surface area contributed by atoms with E-state index in [9.17, 15) is 4.39 Å². The summed E-state index contributed by atoms with van der Waals surface area (Å²) in [6, 6.07) is 6.85. The summed E-state index contributed by atoms with van der Waals surface area (Å²) in [7, 11) is 0. The van der Waals surface area contributed by atoms with Crippen molar-refractivity contribution in [3.63, 3.8) is 0 Å². The Bertz CT molecular complexity index is 423. The van der Waals surface area contributed by atoms with Crippen LogP contribution < -0.4 is 10.6 Å². The van der Waals surface area contributed by atoms with Crippen LogP contribution in [0.1, 0.15) is 12.8 Å². The van der Waals surface area contributed by atoms with Crippen molar-refractivity contribution in [3.8, 4) is 0 Å². The molecule has 98 valence electrons. The Morgan fingerprint density at radius 3 is 2.50 bits per heavy atom. The maximum Gasteiger partial charge on any atom is 0.125 e. The summed E-state index contributed by atoms with van der Waals surface area (Å²) in [5.41, 5.74) is 7.23. The monoisotopic (exact) mass is 249 g/mol. The SMILES string of the molecule is NC1(CN2CCN(c3cccc(F)c3)CC2)CC1. The molecular weight excluding hydrogens is 229 g/mol. The van der Waals surface area contributed by atoms with E-state index in [0.717, 1.165) is 51.3 Å². The van der Waals surface area contributed by atoms with Crippen molar-refractivity contribution >= 4 is 5.69 Å². The van der Waals surface area contributed by atoms with Gasteiger partial charge in [0.25, 0.3) is 0 Å².